The molecule has 0 fully saturated rings. The van der Waals surface area contributed by atoms with Crippen molar-refractivity contribution in [3.63, 3.8) is 0 Å². The lowest BCUT2D eigenvalue weighted by molar-refractivity contribution is 0.0550. The molecule has 4 N–H and O–H groups in total. The van der Waals surface area contributed by atoms with Gasteiger partial charge in [0.15, 0.2) is 5.72 Å². The topological polar surface area (TPSA) is 58.3 Å². The first kappa shape index (κ1) is 8.04. The highest BCUT2D eigenvalue weighted by Crippen LogP contribution is 2.12. The Bertz CT molecular complexity index is 210. The first-order valence-electron chi connectivity index (χ1n) is 3.41. The highest BCUT2D eigenvalue weighted by Gasteiger charge is 2.29. The normalized spacial score (nSPS) is 35.3. The number of hydrogen-bond acceptors (Lipinski definition) is 3. The van der Waals surface area contributed by atoms with E-state index in [0.29, 0.717) is 0 Å². The SMILES string of the molecule is C=CN[C@]1(O)C=CC=C[C@H]1N. The zero-order chi connectivity index (χ0) is 8.32. The van der Waals surface area contributed by atoms with Gasteiger partial charge in [0.1, 0.15) is 0 Å². The minimum atomic E-state index is -1.17. The Kier molecular flexibility index (Phi) is 2.12. The molecule has 0 aliphatic heterocycles. The molecule has 3 nitrogen and oxygen atoms in total. The summed E-state index contributed by atoms with van der Waals surface area (Å²) >= 11 is 0. The molecule has 1 aliphatic carbocycles. The third kappa shape index (κ3) is 1.50. The van der Waals surface area contributed by atoms with Gasteiger partial charge in [-0.3, -0.25) is 0 Å². The highest BCUT2D eigenvalue weighted by molar-refractivity contribution is 5.23. The third-order valence-electron chi connectivity index (χ3n) is 1.62. The van der Waals surface area contributed by atoms with E-state index in [-0.39, 0.29) is 0 Å². The Morgan fingerprint density at radius 3 is 2.91 bits per heavy atom. The summed E-state index contributed by atoms with van der Waals surface area (Å²) in [7, 11) is 0. The number of nitrogens with one attached hydrogen (secondary N) is 1. The van der Waals surface area contributed by atoms with Gasteiger partial charge in [-0.15, -0.1) is 0 Å². The average Bonchev–Trinajstić information content (AvgIpc) is 1.96. The molecule has 0 bridgehead atoms. The number of nitrogens with two attached hydrogens (primary N) is 1. The molecule has 0 aromatic heterocycles. The maximum Gasteiger partial charge on any atom is 0.173 e. The summed E-state index contributed by atoms with van der Waals surface area (Å²) in [5.41, 5.74) is 4.43. The summed E-state index contributed by atoms with van der Waals surface area (Å²) in [5, 5.41) is 12.4. The highest BCUT2D eigenvalue weighted by atomic mass is 16.3. The summed E-state index contributed by atoms with van der Waals surface area (Å²) < 4.78 is 0. The second-order valence-electron chi connectivity index (χ2n) is 2.44. The van der Waals surface area contributed by atoms with Crippen LogP contribution >= 0.6 is 0 Å². The maximum atomic E-state index is 9.69. The van der Waals surface area contributed by atoms with Crippen molar-refractivity contribution >= 4 is 0 Å². The molecule has 0 aromatic rings. The molecule has 0 saturated heterocycles. The van der Waals surface area contributed by atoms with Gasteiger partial charge in [-0.1, -0.05) is 24.8 Å². The van der Waals surface area contributed by atoms with Crippen molar-refractivity contribution in [3.8, 4) is 0 Å². The van der Waals surface area contributed by atoms with Crippen LogP contribution in [0.3, 0.4) is 0 Å². The molecule has 3 heteroatoms. The Balaban J connectivity index is 2.76. The molecule has 0 unspecified atom stereocenters. The quantitative estimate of drug-likeness (QED) is 0.483. The van der Waals surface area contributed by atoms with E-state index in [1.807, 2.05) is 0 Å². The van der Waals surface area contributed by atoms with Crippen LogP contribution in [0.1, 0.15) is 0 Å². The number of allylic oxidation sites excluding steroid dienone is 2. The second-order valence-corrected chi connectivity index (χ2v) is 2.44. The number of aliphatic hydroxyl groups is 1. The smallest absolute Gasteiger partial charge is 0.173 e. The van der Waals surface area contributed by atoms with Gasteiger partial charge in [0, 0.05) is 0 Å². The van der Waals surface area contributed by atoms with E-state index in [2.05, 4.69) is 11.9 Å². The van der Waals surface area contributed by atoms with E-state index >= 15 is 0 Å². The van der Waals surface area contributed by atoms with Gasteiger partial charge in [0.2, 0.25) is 0 Å². The zero-order valence-corrected chi connectivity index (χ0v) is 6.20. The standard InChI is InChI=1S/C8H12N2O/c1-2-10-8(11)6-4-3-5-7(8)9/h2-7,10-11H,1,9H2/t7-,8+/m1/s1. The van der Waals surface area contributed by atoms with Crippen molar-refractivity contribution in [1.82, 2.24) is 5.32 Å². The maximum absolute atomic E-state index is 9.69. The van der Waals surface area contributed by atoms with Crippen molar-refractivity contribution in [2.24, 2.45) is 5.73 Å². The van der Waals surface area contributed by atoms with E-state index in [0.717, 1.165) is 0 Å². The molecule has 11 heavy (non-hydrogen) atoms. The minimum absolute atomic E-state index is 0.425. The lowest BCUT2D eigenvalue weighted by Crippen LogP contribution is -2.54. The van der Waals surface area contributed by atoms with Gasteiger partial charge in [-0.05, 0) is 12.3 Å². The summed E-state index contributed by atoms with van der Waals surface area (Å²) in [5.74, 6) is 0. The predicted molar refractivity (Wildman–Crippen MR) is 44.5 cm³/mol. The van der Waals surface area contributed by atoms with E-state index in [1.54, 1.807) is 24.3 Å². The van der Waals surface area contributed by atoms with E-state index in [1.165, 1.54) is 6.20 Å². The molecule has 0 amide bonds. The fraction of sp³-hybridized carbons (Fsp3) is 0.250. The lowest BCUT2D eigenvalue weighted by Gasteiger charge is -2.30. The van der Waals surface area contributed by atoms with Crippen LogP contribution in [0.25, 0.3) is 0 Å². The van der Waals surface area contributed by atoms with Crippen LogP contribution in [-0.2, 0) is 0 Å². The molecule has 60 valence electrons. The summed E-state index contributed by atoms with van der Waals surface area (Å²) in [6.07, 6.45) is 8.27. The molecule has 0 spiro atoms. The van der Waals surface area contributed by atoms with E-state index in [9.17, 15) is 5.11 Å². The summed E-state index contributed by atoms with van der Waals surface area (Å²) in [6, 6.07) is -0.425. The molecule has 1 rings (SSSR count). The van der Waals surface area contributed by atoms with E-state index in [4.69, 9.17) is 5.73 Å². The second kappa shape index (κ2) is 2.90. The lowest BCUT2D eigenvalue weighted by atomic mass is 10.00. The molecule has 0 aromatic carbocycles. The van der Waals surface area contributed by atoms with E-state index < -0.39 is 11.8 Å². The average molecular weight is 152 g/mol. The largest absolute Gasteiger partial charge is 0.366 e. The van der Waals surface area contributed by atoms with Crippen LogP contribution in [0.5, 0.6) is 0 Å². The molecule has 0 radical (unpaired) electrons. The van der Waals surface area contributed by atoms with Gasteiger partial charge in [-0.2, -0.15) is 0 Å². The van der Waals surface area contributed by atoms with Crippen LogP contribution < -0.4 is 11.1 Å². The van der Waals surface area contributed by atoms with Crippen molar-refractivity contribution in [3.05, 3.63) is 37.1 Å². The first-order valence-corrected chi connectivity index (χ1v) is 3.41. The third-order valence-corrected chi connectivity index (χ3v) is 1.62. The van der Waals surface area contributed by atoms with Crippen LogP contribution in [0.15, 0.2) is 37.1 Å². The molecule has 2 atom stereocenters. The molecular formula is C8H12N2O. The fourth-order valence-corrected chi connectivity index (χ4v) is 0.952. The zero-order valence-electron chi connectivity index (χ0n) is 6.20. The van der Waals surface area contributed by atoms with Gasteiger partial charge in [-0.25, -0.2) is 0 Å². The van der Waals surface area contributed by atoms with Gasteiger partial charge in [0.25, 0.3) is 0 Å². The molecule has 0 saturated carbocycles. The minimum Gasteiger partial charge on any atom is -0.366 e. The van der Waals surface area contributed by atoms with Crippen LogP contribution in [0.4, 0.5) is 0 Å². The summed E-state index contributed by atoms with van der Waals surface area (Å²) in [4.78, 5) is 0. The number of hydrogen-bond donors (Lipinski definition) is 3. The fourth-order valence-electron chi connectivity index (χ4n) is 0.952. The van der Waals surface area contributed by atoms with Crippen LogP contribution in [-0.4, -0.2) is 16.9 Å². The van der Waals surface area contributed by atoms with Crippen molar-refractivity contribution < 1.29 is 5.11 Å². The monoisotopic (exact) mass is 152 g/mol. The first-order chi connectivity index (χ1) is 5.19. The number of rotatable bonds is 2. The molecule has 0 heterocycles. The molecule has 1 aliphatic rings. The summed E-state index contributed by atoms with van der Waals surface area (Å²) in [6.45, 7) is 3.45. The Morgan fingerprint density at radius 1 is 1.64 bits per heavy atom. The predicted octanol–water partition coefficient (Wildman–Crippen LogP) is -0.139. The van der Waals surface area contributed by atoms with Gasteiger partial charge >= 0.3 is 0 Å². The van der Waals surface area contributed by atoms with Crippen molar-refractivity contribution in [2.75, 3.05) is 0 Å². The van der Waals surface area contributed by atoms with Crippen LogP contribution in [0, 0.1) is 0 Å². The van der Waals surface area contributed by atoms with Crippen LogP contribution in [0.2, 0.25) is 0 Å². The van der Waals surface area contributed by atoms with Crippen molar-refractivity contribution in [2.45, 2.75) is 11.8 Å². The Hall–Kier alpha value is -1.06. The van der Waals surface area contributed by atoms with Crippen molar-refractivity contribution in [1.29, 1.82) is 0 Å². The Labute approximate surface area is 65.9 Å². The Morgan fingerprint density at radius 2 is 2.36 bits per heavy atom. The molecular weight excluding hydrogens is 140 g/mol. The van der Waals surface area contributed by atoms with Gasteiger partial charge < -0.3 is 16.2 Å². The van der Waals surface area contributed by atoms with Gasteiger partial charge in [0.05, 0.1) is 6.04 Å².